The van der Waals surface area contributed by atoms with Gasteiger partial charge in [-0.05, 0) is 12.1 Å². The van der Waals surface area contributed by atoms with Crippen molar-refractivity contribution in [1.82, 2.24) is 0 Å². The molecule has 3 rings (SSSR count). The van der Waals surface area contributed by atoms with Crippen molar-refractivity contribution in [2.24, 2.45) is 4.99 Å². The summed E-state index contributed by atoms with van der Waals surface area (Å²) in [5.74, 6) is 0.111. The Kier molecular flexibility index (Phi) is 2.76. The van der Waals surface area contributed by atoms with Crippen molar-refractivity contribution in [2.75, 3.05) is 20.3 Å². The summed E-state index contributed by atoms with van der Waals surface area (Å²) >= 11 is 0. The Labute approximate surface area is 104 Å². The fourth-order valence-electron chi connectivity index (χ4n) is 1.96. The molecule has 5 nitrogen and oxygen atoms in total. The number of epoxide rings is 1. The molecule has 1 aromatic rings. The normalized spacial score (nSPS) is 25.3. The van der Waals surface area contributed by atoms with E-state index in [4.69, 9.17) is 14.2 Å². The number of methoxy groups -OCH3 is 1. The zero-order chi connectivity index (χ0) is 12.5. The van der Waals surface area contributed by atoms with Crippen LogP contribution in [0.1, 0.15) is 15.9 Å². The molecule has 2 aliphatic rings. The average molecular weight is 247 g/mol. The molecule has 1 saturated heterocycles. The molecule has 0 amide bonds. The number of hydrogen-bond donors (Lipinski definition) is 0. The number of benzene rings is 1. The van der Waals surface area contributed by atoms with Gasteiger partial charge >= 0.3 is 5.97 Å². The summed E-state index contributed by atoms with van der Waals surface area (Å²) in [5.41, 5.74) is 1.14. The predicted octanol–water partition coefficient (Wildman–Crippen LogP) is 1.02. The van der Waals surface area contributed by atoms with E-state index in [1.807, 2.05) is 6.07 Å². The molecule has 2 aliphatic heterocycles. The average Bonchev–Trinajstić information content (AvgIpc) is 3.16. The number of ether oxygens (including phenoxy) is 3. The molecule has 0 bridgehead atoms. The van der Waals surface area contributed by atoms with E-state index < -0.39 is 0 Å². The molecule has 1 fully saturated rings. The van der Waals surface area contributed by atoms with Crippen molar-refractivity contribution >= 4 is 11.9 Å². The van der Waals surface area contributed by atoms with Gasteiger partial charge in [-0.25, -0.2) is 9.79 Å². The molecule has 0 radical (unpaired) electrons. The van der Waals surface area contributed by atoms with Crippen molar-refractivity contribution in [3.8, 4) is 0 Å². The Hall–Kier alpha value is -1.88. The summed E-state index contributed by atoms with van der Waals surface area (Å²) in [5, 5.41) is 0. The predicted molar refractivity (Wildman–Crippen MR) is 63.8 cm³/mol. The van der Waals surface area contributed by atoms with Crippen LogP contribution >= 0.6 is 0 Å². The lowest BCUT2D eigenvalue weighted by atomic mass is 10.1. The summed E-state index contributed by atoms with van der Waals surface area (Å²) in [6.07, 6.45) is 0.174. The molecule has 0 aromatic heterocycles. The third-order valence-electron chi connectivity index (χ3n) is 3.02. The number of nitrogens with zero attached hydrogens (tertiary/aromatic N) is 1. The van der Waals surface area contributed by atoms with Crippen molar-refractivity contribution in [1.29, 1.82) is 0 Å². The van der Waals surface area contributed by atoms with Crippen LogP contribution in [0.3, 0.4) is 0 Å². The van der Waals surface area contributed by atoms with Crippen LogP contribution < -0.4 is 0 Å². The third kappa shape index (κ3) is 1.97. The van der Waals surface area contributed by atoms with Crippen molar-refractivity contribution in [3.63, 3.8) is 0 Å². The zero-order valence-electron chi connectivity index (χ0n) is 9.96. The van der Waals surface area contributed by atoms with E-state index in [0.29, 0.717) is 23.6 Å². The molecule has 0 N–H and O–H groups in total. The van der Waals surface area contributed by atoms with Gasteiger partial charge < -0.3 is 14.2 Å². The van der Waals surface area contributed by atoms with Crippen LogP contribution in [-0.2, 0) is 14.2 Å². The first-order chi connectivity index (χ1) is 8.79. The lowest BCUT2D eigenvalue weighted by Crippen LogP contribution is -2.13. The second-order valence-electron chi connectivity index (χ2n) is 4.22. The van der Waals surface area contributed by atoms with E-state index in [0.717, 1.165) is 6.61 Å². The minimum absolute atomic E-state index is 0.0469. The topological polar surface area (TPSA) is 60.4 Å². The second kappa shape index (κ2) is 4.42. The first-order valence-electron chi connectivity index (χ1n) is 5.79. The third-order valence-corrected chi connectivity index (χ3v) is 3.02. The lowest BCUT2D eigenvalue weighted by molar-refractivity contribution is 0.0600. The minimum Gasteiger partial charge on any atom is -0.475 e. The standard InChI is InChI=1S/C13H13NO4/c1-16-13(15)9-5-3-2-4-8(9)12-14-10(6-18-12)11-7-17-11/h2-5,10-11H,6-7H2,1H3. The van der Waals surface area contributed by atoms with E-state index in [-0.39, 0.29) is 18.1 Å². The number of rotatable bonds is 3. The Balaban J connectivity index is 1.92. The summed E-state index contributed by atoms with van der Waals surface area (Å²) < 4.78 is 15.5. The smallest absolute Gasteiger partial charge is 0.338 e. The maximum atomic E-state index is 11.7. The van der Waals surface area contributed by atoms with E-state index in [2.05, 4.69) is 4.99 Å². The molecule has 94 valence electrons. The monoisotopic (exact) mass is 247 g/mol. The summed E-state index contributed by atoms with van der Waals surface area (Å²) in [4.78, 5) is 16.1. The van der Waals surface area contributed by atoms with Crippen molar-refractivity contribution < 1.29 is 19.0 Å². The first kappa shape index (κ1) is 11.2. The summed E-state index contributed by atoms with van der Waals surface area (Å²) in [6, 6.07) is 7.18. The Morgan fingerprint density at radius 2 is 2.17 bits per heavy atom. The highest BCUT2D eigenvalue weighted by Crippen LogP contribution is 2.24. The maximum absolute atomic E-state index is 11.7. The van der Waals surface area contributed by atoms with E-state index in [1.165, 1.54) is 7.11 Å². The zero-order valence-corrected chi connectivity index (χ0v) is 9.96. The van der Waals surface area contributed by atoms with Crippen LogP contribution in [0.5, 0.6) is 0 Å². The van der Waals surface area contributed by atoms with Crippen LogP contribution in [0.25, 0.3) is 0 Å². The number of aliphatic imine (C=N–C) groups is 1. The van der Waals surface area contributed by atoms with Gasteiger partial charge in [-0.1, -0.05) is 12.1 Å². The number of carbonyl (C=O) groups is 1. The quantitative estimate of drug-likeness (QED) is 0.591. The van der Waals surface area contributed by atoms with Crippen LogP contribution in [0, 0.1) is 0 Å². The highest BCUT2D eigenvalue weighted by Gasteiger charge is 2.37. The minimum atomic E-state index is -0.386. The van der Waals surface area contributed by atoms with Gasteiger partial charge in [0.2, 0.25) is 5.90 Å². The van der Waals surface area contributed by atoms with E-state index in [9.17, 15) is 4.79 Å². The second-order valence-corrected chi connectivity index (χ2v) is 4.22. The molecule has 2 unspecified atom stereocenters. The van der Waals surface area contributed by atoms with Crippen LogP contribution in [0.2, 0.25) is 0 Å². The molecule has 0 spiro atoms. The molecule has 1 aromatic carbocycles. The molecule has 18 heavy (non-hydrogen) atoms. The Morgan fingerprint density at radius 3 is 2.89 bits per heavy atom. The van der Waals surface area contributed by atoms with Gasteiger partial charge in [0, 0.05) is 0 Å². The van der Waals surface area contributed by atoms with Gasteiger partial charge in [0.05, 0.1) is 24.8 Å². The molecule has 5 heteroatoms. The molecular weight excluding hydrogens is 234 g/mol. The highest BCUT2D eigenvalue weighted by molar-refractivity contribution is 6.05. The SMILES string of the molecule is COC(=O)c1ccccc1C1=NC(C2CO2)CO1. The molecule has 0 aliphatic carbocycles. The van der Waals surface area contributed by atoms with Crippen LogP contribution in [-0.4, -0.2) is 44.3 Å². The Morgan fingerprint density at radius 1 is 1.39 bits per heavy atom. The van der Waals surface area contributed by atoms with Gasteiger partial charge in [0.1, 0.15) is 18.8 Å². The maximum Gasteiger partial charge on any atom is 0.338 e. The molecule has 2 heterocycles. The molecule has 0 saturated carbocycles. The summed E-state index contributed by atoms with van der Waals surface area (Å²) in [7, 11) is 1.36. The first-order valence-corrected chi connectivity index (χ1v) is 5.79. The van der Waals surface area contributed by atoms with Gasteiger partial charge in [-0.2, -0.15) is 0 Å². The van der Waals surface area contributed by atoms with Gasteiger partial charge in [0.25, 0.3) is 0 Å². The highest BCUT2D eigenvalue weighted by atomic mass is 16.6. The number of esters is 1. The van der Waals surface area contributed by atoms with Crippen molar-refractivity contribution in [2.45, 2.75) is 12.1 Å². The van der Waals surface area contributed by atoms with E-state index >= 15 is 0 Å². The molecule has 2 atom stereocenters. The Bertz CT molecular complexity index is 507. The van der Waals surface area contributed by atoms with E-state index in [1.54, 1.807) is 18.2 Å². The van der Waals surface area contributed by atoms with Gasteiger partial charge in [-0.15, -0.1) is 0 Å². The number of carbonyl (C=O) groups excluding carboxylic acids is 1. The van der Waals surface area contributed by atoms with Crippen molar-refractivity contribution in [3.05, 3.63) is 35.4 Å². The van der Waals surface area contributed by atoms with Gasteiger partial charge in [0.15, 0.2) is 0 Å². The fourth-order valence-corrected chi connectivity index (χ4v) is 1.96. The fraction of sp³-hybridized carbons (Fsp3) is 0.385. The summed E-state index contributed by atoms with van der Waals surface area (Å²) in [6.45, 7) is 1.25. The molecular formula is C13H13NO4. The van der Waals surface area contributed by atoms with Crippen LogP contribution in [0.4, 0.5) is 0 Å². The lowest BCUT2D eigenvalue weighted by Gasteiger charge is -2.06. The largest absolute Gasteiger partial charge is 0.475 e. The number of hydrogen-bond acceptors (Lipinski definition) is 5. The van der Waals surface area contributed by atoms with Crippen LogP contribution in [0.15, 0.2) is 29.3 Å². The van der Waals surface area contributed by atoms with Gasteiger partial charge in [-0.3, -0.25) is 0 Å².